The molecule has 0 fully saturated rings. The largest absolute Gasteiger partial charge is 0.496 e. The quantitative estimate of drug-likeness (QED) is 0.738. The Morgan fingerprint density at radius 3 is 2.43 bits per heavy atom. The highest BCUT2D eigenvalue weighted by atomic mass is 35.5. The number of methoxy groups -OCH3 is 2. The number of nitrogen functional groups attached to an aromatic ring is 1. The van der Waals surface area contributed by atoms with Crippen LogP contribution < -0.4 is 15.2 Å². The van der Waals surface area contributed by atoms with Crippen molar-refractivity contribution in [1.82, 2.24) is 19.5 Å². The maximum absolute atomic E-state index is 6.05. The van der Waals surface area contributed by atoms with Gasteiger partial charge in [0, 0.05) is 5.56 Å². The molecule has 0 aliphatic rings. The average molecular weight is 334 g/mol. The SMILES string of the molecule is COc1cc(Cn2cnc3c(Cl)nc(N)nc32)cc(OC)c1C. The molecule has 3 rings (SSSR count). The molecule has 0 radical (unpaired) electrons. The van der Waals surface area contributed by atoms with E-state index in [2.05, 4.69) is 15.0 Å². The first-order chi connectivity index (χ1) is 11.0. The number of nitrogens with two attached hydrogens (primary N) is 1. The summed E-state index contributed by atoms with van der Waals surface area (Å²) < 4.78 is 12.7. The summed E-state index contributed by atoms with van der Waals surface area (Å²) >= 11 is 6.05. The lowest BCUT2D eigenvalue weighted by molar-refractivity contribution is 0.387. The van der Waals surface area contributed by atoms with Gasteiger partial charge < -0.3 is 19.8 Å². The average Bonchev–Trinajstić information content (AvgIpc) is 2.92. The van der Waals surface area contributed by atoms with Crippen molar-refractivity contribution in [2.75, 3.05) is 20.0 Å². The molecule has 23 heavy (non-hydrogen) atoms. The zero-order chi connectivity index (χ0) is 16.6. The Morgan fingerprint density at radius 2 is 1.83 bits per heavy atom. The summed E-state index contributed by atoms with van der Waals surface area (Å²) in [5.41, 5.74) is 8.71. The second kappa shape index (κ2) is 5.92. The summed E-state index contributed by atoms with van der Waals surface area (Å²) in [4.78, 5) is 12.4. The third-order valence-electron chi connectivity index (χ3n) is 3.60. The number of imidazole rings is 1. The van der Waals surface area contributed by atoms with Gasteiger partial charge in [0.2, 0.25) is 5.95 Å². The predicted octanol–water partition coefficient (Wildman–Crippen LogP) is 2.44. The van der Waals surface area contributed by atoms with Crippen LogP contribution in [-0.2, 0) is 6.54 Å². The molecule has 0 aliphatic carbocycles. The highest BCUT2D eigenvalue weighted by molar-refractivity contribution is 6.33. The third kappa shape index (κ3) is 2.75. The van der Waals surface area contributed by atoms with Crippen molar-refractivity contribution in [2.24, 2.45) is 0 Å². The van der Waals surface area contributed by atoms with Gasteiger partial charge in [-0.25, -0.2) is 4.98 Å². The molecule has 0 amide bonds. The van der Waals surface area contributed by atoms with E-state index in [9.17, 15) is 0 Å². The monoisotopic (exact) mass is 333 g/mol. The molecule has 1 aromatic carbocycles. The van der Waals surface area contributed by atoms with Crippen LogP contribution in [0.5, 0.6) is 11.5 Å². The number of aromatic nitrogens is 4. The molecule has 2 N–H and O–H groups in total. The van der Waals surface area contributed by atoms with E-state index in [0.29, 0.717) is 17.7 Å². The number of hydrogen-bond acceptors (Lipinski definition) is 6. The van der Waals surface area contributed by atoms with Gasteiger partial charge in [0.15, 0.2) is 10.8 Å². The Hall–Kier alpha value is -2.54. The highest BCUT2D eigenvalue weighted by Gasteiger charge is 2.13. The van der Waals surface area contributed by atoms with E-state index < -0.39 is 0 Å². The molecule has 0 unspecified atom stereocenters. The Kier molecular flexibility index (Phi) is 3.96. The molecule has 7 nitrogen and oxygen atoms in total. The Bertz CT molecular complexity index is 853. The van der Waals surface area contributed by atoms with Crippen molar-refractivity contribution in [1.29, 1.82) is 0 Å². The molecule has 0 saturated heterocycles. The van der Waals surface area contributed by atoms with E-state index in [-0.39, 0.29) is 11.1 Å². The molecule has 0 aliphatic heterocycles. The summed E-state index contributed by atoms with van der Waals surface area (Å²) in [6.45, 7) is 2.47. The second-order valence-electron chi connectivity index (χ2n) is 5.04. The molecule has 0 atom stereocenters. The lowest BCUT2D eigenvalue weighted by atomic mass is 10.1. The minimum absolute atomic E-state index is 0.114. The summed E-state index contributed by atoms with van der Waals surface area (Å²) in [5.74, 6) is 1.63. The van der Waals surface area contributed by atoms with Gasteiger partial charge in [-0.05, 0) is 24.6 Å². The molecule has 0 bridgehead atoms. The van der Waals surface area contributed by atoms with Crippen LogP contribution in [0, 0.1) is 6.92 Å². The number of halogens is 1. The van der Waals surface area contributed by atoms with Gasteiger partial charge in [0.25, 0.3) is 0 Å². The summed E-state index contributed by atoms with van der Waals surface area (Å²) in [6.07, 6.45) is 1.66. The number of nitrogens with zero attached hydrogens (tertiary/aromatic N) is 4. The first-order valence-corrected chi connectivity index (χ1v) is 7.26. The zero-order valence-electron chi connectivity index (χ0n) is 13.0. The molecule has 2 aromatic heterocycles. The minimum atomic E-state index is 0.114. The van der Waals surface area contributed by atoms with Crippen molar-refractivity contribution in [3.63, 3.8) is 0 Å². The zero-order valence-corrected chi connectivity index (χ0v) is 13.8. The van der Waals surface area contributed by atoms with Gasteiger partial charge in [0.1, 0.15) is 17.0 Å². The number of rotatable bonds is 4. The fourth-order valence-corrected chi connectivity index (χ4v) is 2.69. The summed E-state index contributed by atoms with van der Waals surface area (Å²) in [5, 5.41) is 0.241. The third-order valence-corrected chi connectivity index (χ3v) is 3.87. The molecule has 8 heteroatoms. The van der Waals surface area contributed by atoms with Gasteiger partial charge >= 0.3 is 0 Å². The topological polar surface area (TPSA) is 88.1 Å². The van der Waals surface area contributed by atoms with E-state index in [0.717, 1.165) is 22.6 Å². The van der Waals surface area contributed by atoms with Crippen LogP contribution in [0.25, 0.3) is 11.2 Å². The van der Waals surface area contributed by atoms with E-state index in [4.69, 9.17) is 26.8 Å². The molecule has 120 valence electrons. The molecule has 3 aromatic rings. The lowest BCUT2D eigenvalue weighted by Gasteiger charge is -2.13. The van der Waals surface area contributed by atoms with Crippen molar-refractivity contribution in [2.45, 2.75) is 13.5 Å². The molecule has 0 spiro atoms. The van der Waals surface area contributed by atoms with Crippen LogP contribution in [0.4, 0.5) is 5.95 Å². The maximum Gasteiger partial charge on any atom is 0.223 e. The van der Waals surface area contributed by atoms with Crippen LogP contribution in [0.15, 0.2) is 18.5 Å². The normalized spacial score (nSPS) is 11.0. The van der Waals surface area contributed by atoms with Crippen LogP contribution in [0.2, 0.25) is 5.15 Å². The highest BCUT2D eigenvalue weighted by Crippen LogP contribution is 2.30. The first-order valence-electron chi connectivity index (χ1n) is 6.88. The van der Waals surface area contributed by atoms with E-state index in [1.54, 1.807) is 20.5 Å². The van der Waals surface area contributed by atoms with Crippen molar-refractivity contribution < 1.29 is 9.47 Å². The number of benzene rings is 1. The standard InChI is InChI=1S/C15H16ClN5O2/c1-8-10(22-2)4-9(5-11(8)23-3)6-21-7-18-12-13(16)19-15(17)20-14(12)21/h4-5,7H,6H2,1-3H3,(H2,17,19,20). The molecule has 2 heterocycles. The van der Waals surface area contributed by atoms with E-state index >= 15 is 0 Å². The Morgan fingerprint density at radius 1 is 1.17 bits per heavy atom. The molecule has 0 saturated carbocycles. The smallest absolute Gasteiger partial charge is 0.223 e. The maximum atomic E-state index is 6.05. The lowest BCUT2D eigenvalue weighted by Crippen LogP contribution is -2.03. The van der Waals surface area contributed by atoms with E-state index in [1.807, 2.05) is 23.6 Å². The second-order valence-corrected chi connectivity index (χ2v) is 5.40. The van der Waals surface area contributed by atoms with Crippen molar-refractivity contribution >= 4 is 28.7 Å². The van der Waals surface area contributed by atoms with Crippen LogP contribution in [0.1, 0.15) is 11.1 Å². The van der Waals surface area contributed by atoms with Crippen LogP contribution >= 0.6 is 11.6 Å². The van der Waals surface area contributed by atoms with Gasteiger partial charge in [-0.2, -0.15) is 9.97 Å². The van der Waals surface area contributed by atoms with Gasteiger partial charge in [-0.1, -0.05) is 11.6 Å². The van der Waals surface area contributed by atoms with Gasteiger partial charge in [0.05, 0.1) is 27.1 Å². The first kappa shape index (κ1) is 15.4. The number of ether oxygens (including phenoxy) is 2. The van der Waals surface area contributed by atoms with Crippen molar-refractivity contribution in [3.8, 4) is 11.5 Å². The van der Waals surface area contributed by atoms with Crippen LogP contribution in [0.3, 0.4) is 0 Å². The van der Waals surface area contributed by atoms with Crippen LogP contribution in [-0.4, -0.2) is 33.7 Å². The summed E-state index contributed by atoms with van der Waals surface area (Å²) in [7, 11) is 3.26. The summed E-state index contributed by atoms with van der Waals surface area (Å²) in [6, 6.07) is 3.91. The van der Waals surface area contributed by atoms with Crippen molar-refractivity contribution in [3.05, 3.63) is 34.7 Å². The number of anilines is 1. The molecular weight excluding hydrogens is 318 g/mol. The fraction of sp³-hybridized carbons (Fsp3) is 0.267. The van der Waals surface area contributed by atoms with E-state index in [1.165, 1.54) is 0 Å². The Balaban J connectivity index is 2.06. The van der Waals surface area contributed by atoms with Gasteiger partial charge in [-0.3, -0.25) is 0 Å². The fourth-order valence-electron chi connectivity index (χ4n) is 2.47. The Labute approximate surface area is 138 Å². The number of hydrogen-bond donors (Lipinski definition) is 1. The minimum Gasteiger partial charge on any atom is -0.496 e. The predicted molar refractivity (Wildman–Crippen MR) is 88.1 cm³/mol. The van der Waals surface area contributed by atoms with Gasteiger partial charge in [-0.15, -0.1) is 0 Å². The molecular formula is C15H16ClN5O2. The number of fused-ring (bicyclic) bond motifs is 1.